The lowest BCUT2D eigenvalue weighted by atomic mass is 10.4. The molecule has 0 amide bonds. The van der Waals surface area contributed by atoms with E-state index in [1.54, 1.807) is 30.3 Å². The van der Waals surface area contributed by atoms with Crippen LogP contribution in [-0.2, 0) is 4.79 Å². The third kappa shape index (κ3) is 3.61. The minimum Gasteiger partial charge on any atom is -0.480 e. The van der Waals surface area contributed by atoms with Gasteiger partial charge >= 0.3 is 5.97 Å². The van der Waals surface area contributed by atoms with Crippen molar-refractivity contribution in [2.45, 2.75) is 14.7 Å². The summed E-state index contributed by atoms with van der Waals surface area (Å²) in [5, 5.41) is 8.67. The Kier molecular flexibility index (Phi) is 4.81. The van der Waals surface area contributed by atoms with Crippen LogP contribution in [0.2, 0.25) is 0 Å². The Balaban J connectivity index is 2.31. The van der Waals surface area contributed by atoms with Crippen LogP contribution in [0.1, 0.15) is 0 Å². The van der Waals surface area contributed by atoms with Crippen molar-refractivity contribution in [2.75, 3.05) is 5.75 Å². The number of carboxylic acid groups (broad SMARTS) is 1. The lowest BCUT2D eigenvalue weighted by molar-refractivity contribution is -0.134. The van der Waals surface area contributed by atoms with Gasteiger partial charge in [-0.2, -0.15) is 10.6 Å². The van der Waals surface area contributed by atoms with Crippen molar-refractivity contribution in [1.82, 2.24) is 0 Å². The highest BCUT2D eigenvalue weighted by molar-refractivity contribution is 8.25. The van der Waals surface area contributed by atoms with Gasteiger partial charge in [0.1, 0.15) is 5.75 Å². The van der Waals surface area contributed by atoms with E-state index in [1.165, 1.54) is 24.3 Å². The molecule has 0 radical (unpaired) electrons. The molecule has 2 rings (SSSR count). The van der Waals surface area contributed by atoms with E-state index in [1.807, 2.05) is 0 Å². The van der Waals surface area contributed by atoms with Crippen LogP contribution in [0.4, 0.5) is 0 Å². The molecule has 22 heavy (non-hydrogen) atoms. The molecule has 0 aromatic heterocycles. The molecule has 0 fully saturated rings. The van der Waals surface area contributed by atoms with Crippen molar-refractivity contribution < 1.29 is 28.1 Å². The zero-order chi connectivity index (χ0) is 16.4. The maximum atomic E-state index is 10.6. The first-order valence-electron chi connectivity index (χ1n) is 6.14. The van der Waals surface area contributed by atoms with Gasteiger partial charge in [0.05, 0.1) is 14.7 Å². The average molecular weight is 344 g/mol. The molecule has 2 aromatic rings. The molecule has 0 spiro atoms. The number of hydrogen-bond donors (Lipinski definition) is 5. The molecule has 8 heteroatoms. The molecular formula is C14H16O6S2. The van der Waals surface area contributed by atoms with Gasteiger partial charge in [-0.25, -0.2) is 0 Å². The van der Waals surface area contributed by atoms with Gasteiger partial charge in [-0.05, 0) is 36.4 Å². The molecule has 0 saturated heterocycles. The predicted octanol–water partition coefficient (Wildman–Crippen LogP) is 4.05. The smallest absolute Gasteiger partial charge is 0.323 e. The number of hydrogen-bond acceptors (Lipinski definition) is 5. The first-order valence-corrected chi connectivity index (χ1v) is 9.41. The van der Waals surface area contributed by atoms with Crippen LogP contribution in [0.25, 0.3) is 0 Å². The lowest BCUT2D eigenvalue weighted by Crippen LogP contribution is -2.12. The number of benzene rings is 2. The molecular weight excluding hydrogens is 328 g/mol. The molecule has 6 nitrogen and oxygen atoms in total. The fraction of sp³-hybridized carbons (Fsp3) is 0.0714. The van der Waals surface area contributed by atoms with Crippen molar-refractivity contribution in [3.63, 3.8) is 0 Å². The summed E-state index contributed by atoms with van der Waals surface area (Å²) in [5.74, 6) is -2.11. The average Bonchev–Trinajstić information content (AvgIpc) is 2.47. The van der Waals surface area contributed by atoms with Gasteiger partial charge in [0.2, 0.25) is 0 Å². The lowest BCUT2D eigenvalue weighted by Gasteiger charge is -2.34. The van der Waals surface area contributed by atoms with Gasteiger partial charge in [-0.15, -0.1) is 10.6 Å². The van der Waals surface area contributed by atoms with Crippen molar-refractivity contribution in [3.8, 4) is 0 Å². The third-order valence-corrected chi connectivity index (χ3v) is 6.46. The SMILES string of the molecule is O=C(O)CS(O)(O)c1ccc(S(O)(O)c2ccccc2)cc1. The summed E-state index contributed by atoms with van der Waals surface area (Å²) in [7, 11) is -6.63. The van der Waals surface area contributed by atoms with E-state index in [9.17, 15) is 23.0 Å². The molecule has 0 unspecified atom stereocenters. The molecule has 0 heterocycles. The Bertz CT molecular complexity index is 655. The Morgan fingerprint density at radius 3 is 1.73 bits per heavy atom. The van der Waals surface area contributed by atoms with Gasteiger partial charge in [0.15, 0.2) is 0 Å². The summed E-state index contributed by atoms with van der Waals surface area (Å²) in [5.41, 5.74) is 0. The predicted molar refractivity (Wildman–Crippen MR) is 85.9 cm³/mol. The normalized spacial score (nSPS) is 13.6. The number of aliphatic carboxylic acids is 1. The monoisotopic (exact) mass is 344 g/mol. The van der Waals surface area contributed by atoms with Crippen LogP contribution >= 0.6 is 21.2 Å². The number of carboxylic acids is 1. The van der Waals surface area contributed by atoms with Crippen LogP contribution < -0.4 is 0 Å². The van der Waals surface area contributed by atoms with Crippen LogP contribution in [-0.4, -0.2) is 35.0 Å². The fourth-order valence-electron chi connectivity index (χ4n) is 1.85. The maximum absolute atomic E-state index is 10.6. The van der Waals surface area contributed by atoms with Gasteiger partial charge in [-0.3, -0.25) is 23.0 Å². The van der Waals surface area contributed by atoms with Crippen molar-refractivity contribution in [3.05, 3.63) is 54.6 Å². The van der Waals surface area contributed by atoms with E-state index in [2.05, 4.69) is 0 Å². The second-order valence-corrected chi connectivity index (χ2v) is 8.67. The van der Waals surface area contributed by atoms with E-state index in [0.29, 0.717) is 4.90 Å². The molecule has 0 aliphatic rings. The molecule has 0 aliphatic heterocycles. The van der Waals surface area contributed by atoms with Crippen molar-refractivity contribution >= 4 is 27.1 Å². The van der Waals surface area contributed by atoms with Gasteiger partial charge < -0.3 is 5.11 Å². The van der Waals surface area contributed by atoms with Crippen LogP contribution in [0.5, 0.6) is 0 Å². The van der Waals surface area contributed by atoms with Crippen LogP contribution in [0, 0.1) is 0 Å². The molecule has 2 aromatic carbocycles. The summed E-state index contributed by atoms with van der Waals surface area (Å²) in [4.78, 5) is 11.2. The minimum absolute atomic E-state index is 0.0434. The number of carbonyl (C=O) groups is 1. The largest absolute Gasteiger partial charge is 0.480 e. The van der Waals surface area contributed by atoms with Gasteiger partial charge in [-0.1, -0.05) is 18.2 Å². The summed E-state index contributed by atoms with van der Waals surface area (Å²) < 4.78 is 40.3. The third-order valence-electron chi connectivity index (χ3n) is 2.93. The standard InChI is InChI=1S/C14H16O6S2/c15-14(16)10-21(17,18)11-6-8-13(9-7-11)22(19,20)12-4-2-1-3-5-12/h1-9,17-20H,10H2,(H,15,16). The van der Waals surface area contributed by atoms with Gasteiger partial charge in [0, 0.05) is 0 Å². The first-order chi connectivity index (χ1) is 10.2. The Hall–Kier alpha value is -1.55. The van der Waals surface area contributed by atoms with E-state index in [4.69, 9.17) is 5.11 Å². The van der Waals surface area contributed by atoms with E-state index in [-0.39, 0.29) is 9.79 Å². The molecule has 120 valence electrons. The Morgan fingerprint density at radius 1 is 0.773 bits per heavy atom. The number of rotatable bonds is 5. The second kappa shape index (κ2) is 6.29. The molecule has 0 bridgehead atoms. The second-order valence-electron chi connectivity index (χ2n) is 4.54. The summed E-state index contributed by atoms with van der Waals surface area (Å²) in [6, 6.07) is 13.6. The van der Waals surface area contributed by atoms with Crippen LogP contribution in [0.15, 0.2) is 69.3 Å². The highest BCUT2D eigenvalue weighted by Gasteiger charge is 2.22. The summed E-state index contributed by atoms with van der Waals surface area (Å²) in [6.45, 7) is 0. The summed E-state index contributed by atoms with van der Waals surface area (Å²) in [6.07, 6.45) is 0. The first kappa shape index (κ1) is 16.8. The fourth-order valence-corrected chi connectivity index (χ4v) is 4.26. The van der Waals surface area contributed by atoms with E-state index >= 15 is 0 Å². The minimum atomic E-state index is -3.44. The highest BCUT2D eigenvalue weighted by atomic mass is 32.3. The van der Waals surface area contributed by atoms with E-state index in [0.717, 1.165) is 0 Å². The summed E-state index contributed by atoms with van der Waals surface area (Å²) >= 11 is 0. The quantitative estimate of drug-likeness (QED) is 0.558. The van der Waals surface area contributed by atoms with Crippen molar-refractivity contribution in [1.29, 1.82) is 0 Å². The van der Waals surface area contributed by atoms with Gasteiger partial charge in [0.25, 0.3) is 0 Å². The Labute approximate surface area is 130 Å². The molecule has 0 aliphatic carbocycles. The zero-order valence-electron chi connectivity index (χ0n) is 11.4. The topological polar surface area (TPSA) is 118 Å². The molecule has 0 saturated carbocycles. The van der Waals surface area contributed by atoms with E-state index < -0.39 is 32.9 Å². The van der Waals surface area contributed by atoms with Crippen LogP contribution in [0.3, 0.4) is 0 Å². The zero-order valence-corrected chi connectivity index (χ0v) is 13.0. The highest BCUT2D eigenvalue weighted by Crippen LogP contribution is 2.56. The maximum Gasteiger partial charge on any atom is 0.323 e. The molecule has 0 atom stereocenters. The Morgan fingerprint density at radius 2 is 1.23 bits per heavy atom. The van der Waals surface area contributed by atoms with Crippen molar-refractivity contribution in [2.24, 2.45) is 0 Å². The molecule has 5 N–H and O–H groups in total.